The highest BCUT2D eigenvalue weighted by Gasteiger charge is 2.16. The third-order valence-corrected chi connectivity index (χ3v) is 11.3. The molecule has 0 saturated carbocycles. The van der Waals surface area contributed by atoms with Gasteiger partial charge in [-0.05, 0) is 102 Å². The molecule has 0 bridgehead atoms. The van der Waals surface area contributed by atoms with Crippen LogP contribution in [-0.4, -0.2) is 28.3 Å². The number of methoxy groups -OCH3 is 1. The first-order valence-electron chi connectivity index (χ1n) is 16.5. The Labute approximate surface area is 314 Å². The monoisotopic (exact) mass is 741 g/mol. The van der Waals surface area contributed by atoms with Gasteiger partial charge in [0.25, 0.3) is 0 Å². The smallest absolute Gasteiger partial charge is 0.351 e. The molecule has 3 heterocycles. The molecule has 0 fully saturated rings. The van der Waals surface area contributed by atoms with Crippen LogP contribution in [-0.2, 0) is 29.2 Å². The number of nitriles is 1. The van der Waals surface area contributed by atoms with Crippen molar-refractivity contribution in [2.75, 3.05) is 12.0 Å². The zero-order valence-electron chi connectivity index (χ0n) is 28.8. The van der Waals surface area contributed by atoms with Crippen molar-refractivity contribution in [2.45, 2.75) is 33.5 Å². The lowest BCUT2D eigenvalue weighted by Gasteiger charge is -2.26. The SMILES string of the molecule is COC(=O)/C(C#N)=c1/nc(CC(C)C)c(=Cc2ccc(-c3ccc(C#Cc4ccc(N(c5ccc(CO)cc5)c5ccc(CO)cc5)cc4)s3)s2)s1. The summed E-state index contributed by atoms with van der Waals surface area (Å²) in [6.07, 6.45) is 2.81. The fourth-order valence-electron chi connectivity index (χ4n) is 5.40. The number of aliphatic hydroxyl groups is 2. The highest BCUT2D eigenvalue weighted by atomic mass is 32.1. The maximum Gasteiger partial charge on any atom is 0.351 e. The molecule has 0 spiro atoms. The molecule has 3 aromatic heterocycles. The molecular weight excluding hydrogens is 707 g/mol. The van der Waals surface area contributed by atoms with Gasteiger partial charge in [0.05, 0.1) is 35.4 Å². The zero-order valence-corrected chi connectivity index (χ0v) is 31.2. The van der Waals surface area contributed by atoms with E-state index in [9.17, 15) is 20.3 Å². The summed E-state index contributed by atoms with van der Waals surface area (Å²) in [6, 6.07) is 34.0. The van der Waals surface area contributed by atoms with Gasteiger partial charge in [-0.2, -0.15) is 5.26 Å². The molecule has 0 aliphatic rings. The molecule has 0 saturated heterocycles. The van der Waals surface area contributed by atoms with Gasteiger partial charge < -0.3 is 19.8 Å². The average molecular weight is 742 g/mol. The molecular formula is C42H35N3O4S3. The normalized spacial score (nSPS) is 11.9. The summed E-state index contributed by atoms with van der Waals surface area (Å²) in [5, 5.41) is 28.6. The van der Waals surface area contributed by atoms with Crippen LogP contribution in [0.4, 0.5) is 17.1 Å². The number of hydrogen-bond acceptors (Lipinski definition) is 10. The number of hydrogen-bond donors (Lipinski definition) is 2. The Balaban J connectivity index is 1.22. The van der Waals surface area contributed by atoms with Crippen molar-refractivity contribution in [3.8, 4) is 27.7 Å². The number of carbonyl (C=O) groups is 1. The summed E-state index contributed by atoms with van der Waals surface area (Å²) in [6.45, 7) is 4.19. The molecule has 3 aromatic carbocycles. The number of anilines is 3. The van der Waals surface area contributed by atoms with E-state index < -0.39 is 5.97 Å². The van der Waals surface area contributed by atoms with Gasteiger partial charge in [-0.15, -0.1) is 34.0 Å². The van der Waals surface area contributed by atoms with Gasteiger partial charge in [0.1, 0.15) is 10.7 Å². The number of aliphatic hydroxyl groups excluding tert-OH is 2. The van der Waals surface area contributed by atoms with Gasteiger partial charge in [0.15, 0.2) is 5.57 Å². The van der Waals surface area contributed by atoms with E-state index in [1.165, 1.54) is 18.4 Å². The van der Waals surface area contributed by atoms with Crippen LogP contribution in [0.15, 0.2) is 97.1 Å². The lowest BCUT2D eigenvalue weighted by atomic mass is 10.1. The fourth-order valence-corrected chi connectivity index (χ4v) is 8.41. The maximum atomic E-state index is 12.2. The Bertz CT molecular complexity index is 2360. The minimum absolute atomic E-state index is 0.0172. The molecule has 0 radical (unpaired) electrons. The zero-order chi connectivity index (χ0) is 36.6. The number of rotatable bonds is 10. The maximum absolute atomic E-state index is 12.2. The quantitative estimate of drug-likeness (QED) is 0.110. The van der Waals surface area contributed by atoms with Crippen LogP contribution in [0.3, 0.4) is 0 Å². The molecule has 0 amide bonds. The van der Waals surface area contributed by atoms with E-state index in [1.54, 1.807) is 22.7 Å². The third-order valence-electron chi connectivity index (χ3n) is 8.00. The number of benzene rings is 3. The van der Waals surface area contributed by atoms with Crippen LogP contribution in [0.2, 0.25) is 0 Å². The van der Waals surface area contributed by atoms with Crippen LogP contribution in [0.5, 0.6) is 0 Å². The van der Waals surface area contributed by atoms with Crippen molar-refractivity contribution < 1.29 is 19.7 Å². The number of ether oxygens (including phenoxy) is 1. The number of aromatic nitrogens is 1. The van der Waals surface area contributed by atoms with E-state index in [2.05, 4.69) is 59.8 Å². The van der Waals surface area contributed by atoms with E-state index in [-0.39, 0.29) is 18.8 Å². The molecule has 0 atom stereocenters. The van der Waals surface area contributed by atoms with Crippen molar-refractivity contribution >= 4 is 68.7 Å². The summed E-state index contributed by atoms with van der Waals surface area (Å²) >= 11 is 4.64. The van der Waals surface area contributed by atoms with Gasteiger partial charge in [-0.3, -0.25) is 0 Å². The summed E-state index contributed by atoms with van der Waals surface area (Å²) in [5.41, 5.74) is 6.22. The molecule has 2 N–H and O–H groups in total. The van der Waals surface area contributed by atoms with E-state index in [0.29, 0.717) is 10.6 Å². The minimum atomic E-state index is -0.680. The summed E-state index contributed by atoms with van der Waals surface area (Å²) in [4.78, 5) is 23.2. The Hall–Kier alpha value is -5.33. The van der Waals surface area contributed by atoms with Crippen molar-refractivity contribution in [3.05, 3.63) is 138 Å². The second-order valence-electron chi connectivity index (χ2n) is 12.2. The van der Waals surface area contributed by atoms with E-state index in [4.69, 9.17) is 4.74 Å². The first-order chi connectivity index (χ1) is 25.3. The predicted octanol–water partition coefficient (Wildman–Crippen LogP) is 7.66. The molecule has 0 aliphatic carbocycles. The molecule has 10 heteroatoms. The third kappa shape index (κ3) is 8.58. The van der Waals surface area contributed by atoms with Gasteiger partial charge in [-0.1, -0.05) is 50.0 Å². The van der Waals surface area contributed by atoms with Gasteiger partial charge in [0.2, 0.25) is 0 Å². The molecule has 7 nitrogen and oxygen atoms in total. The van der Waals surface area contributed by atoms with Crippen molar-refractivity contribution in [2.24, 2.45) is 5.92 Å². The summed E-state index contributed by atoms with van der Waals surface area (Å²) < 4.78 is 6.11. The molecule has 6 aromatic rings. The van der Waals surface area contributed by atoms with E-state index in [0.717, 1.165) is 69.9 Å². The molecule has 0 unspecified atom stereocenters. The van der Waals surface area contributed by atoms with Gasteiger partial charge in [-0.25, -0.2) is 9.78 Å². The first kappa shape index (κ1) is 36.5. The lowest BCUT2D eigenvalue weighted by Crippen LogP contribution is -2.13. The molecule has 0 aliphatic heterocycles. The fraction of sp³-hybridized carbons (Fsp3) is 0.167. The molecule has 260 valence electrons. The lowest BCUT2D eigenvalue weighted by molar-refractivity contribution is -0.133. The van der Waals surface area contributed by atoms with Crippen molar-refractivity contribution in [1.82, 2.24) is 4.98 Å². The topological polar surface area (TPSA) is 107 Å². The Kier molecular flexibility index (Phi) is 11.8. The number of nitrogens with zero attached hydrogens (tertiary/aromatic N) is 3. The van der Waals surface area contributed by atoms with Gasteiger partial charge >= 0.3 is 5.97 Å². The predicted molar refractivity (Wildman–Crippen MR) is 211 cm³/mol. The van der Waals surface area contributed by atoms with Crippen LogP contribution < -0.4 is 14.1 Å². The van der Waals surface area contributed by atoms with Crippen LogP contribution in [0.1, 0.15) is 46.0 Å². The standard InChI is InChI=1S/C42H35N3O4S3/c1-27(2)22-37-40(52-41(44-37)36(24-43)42(48)49-3)23-35-19-21-39(51-35)38-20-18-34(50-38)17-10-28-4-11-31(12-5-28)45(32-13-6-29(25-46)7-14-32)33-15-8-30(26-47)9-16-33/h4-9,11-16,18-21,23,27,46-47H,22,25-26H2,1-3H3/b40-23?,41-36-. The highest BCUT2D eigenvalue weighted by Crippen LogP contribution is 2.36. The Morgan fingerprint density at radius 1 is 0.808 bits per heavy atom. The van der Waals surface area contributed by atoms with Crippen LogP contribution in [0, 0.1) is 29.1 Å². The number of thiazole rings is 1. The minimum Gasteiger partial charge on any atom is -0.465 e. The number of thiophene rings is 2. The van der Waals surface area contributed by atoms with E-state index >= 15 is 0 Å². The van der Waals surface area contributed by atoms with Crippen molar-refractivity contribution in [3.63, 3.8) is 0 Å². The highest BCUT2D eigenvalue weighted by molar-refractivity contribution is 7.22. The van der Waals surface area contributed by atoms with Crippen LogP contribution >= 0.6 is 34.0 Å². The van der Waals surface area contributed by atoms with Crippen LogP contribution in [0.25, 0.3) is 21.4 Å². The van der Waals surface area contributed by atoms with Gasteiger partial charge in [0, 0.05) is 37.3 Å². The Morgan fingerprint density at radius 2 is 1.38 bits per heavy atom. The molecule has 6 rings (SSSR count). The van der Waals surface area contributed by atoms with E-state index in [1.807, 2.05) is 84.9 Å². The second kappa shape index (κ2) is 16.8. The largest absolute Gasteiger partial charge is 0.465 e. The second-order valence-corrected chi connectivity index (χ2v) is 15.4. The average Bonchev–Trinajstić information content (AvgIpc) is 3.93. The first-order valence-corrected chi connectivity index (χ1v) is 19.0. The number of carbonyl (C=O) groups excluding carboxylic acids is 1. The van der Waals surface area contributed by atoms with Crippen molar-refractivity contribution in [1.29, 1.82) is 5.26 Å². The summed E-state index contributed by atoms with van der Waals surface area (Å²) in [5.74, 6) is 6.31. The molecule has 52 heavy (non-hydrogen) atoms. The summed E-state index contributed by atoms with van der Waals surface area (Å²) in [7, 11) is 1.26. The Morgan fingerprint density at radius 3 is 1.94 bits per heavy atom. The number of esters is 1.